The SMILES string of the molecule is CC1=CCCN(c2ccc(C(N)=O)nn2)C1. The lowest BCUT2D eigenvalue weighted by atomic mass is 10.1. The van der Waals surface area contributed by atoms with Gasteiger partial charge in [-0.3, -0.25) is 4.79 Å². The second kappa shape index (κ2) is 4.30. The summed E-state index contributed by atoms with van der Waals surface area (Å²) in [6.07, 6.45) is 3.24. The summed E-state index contributed by atoms with van der Waals surface area (Å²) in [5.74, 6) is 0.242. The van der Waals surface area contributed by atoms with Crippen LogP contribution in [-0.4, -0.2) is 29.2 Å². The average Bonchev–Trinajstić information content (AvgIpc) is 2.29. The zero-order chi connectivity index (χ0) is 11.5. The molecule has 1 aliphatic heterocycles. The summed E-state index contributed by atoms with van der Waals surface area (Å²) in [6.45, 7) is 3.89. The van der Waals surface area contributed by atoms with E-state index in [1.807, 2.05) is 0 Å². The van der Waals surface area contributed by atoms with Gasteiger partial charge in [0.2, 0.25) is 0 Å². The first-order valence-corrected chi connectivity index (χ1v) is 5.21. The summed E-state index contributed by atoms with van der Waals surface area (Å²) in [6, 6.07) is 3.39. The van der Waals surface area contributed by atoms with Crippen LogP contribution in [0, 0.1) is 0 Å². The Labute approximate surface area is 94.0 Å². The highest BCUT2D eigenvalue weighted by Crippen LogP contribution is 2.16. The Morgan fingerprint density at radius 1 is 1.44 bits per heavy atom. The number of carbonyl (C=O) groups excluding carboxylic acids is 1. The highest BCUT2D eigenvalue weighted by Gasteiger charge is 2.13. The predicted molar refractivity (Wildman–Crippen MR) is 61.1 cm³/mol. The van der Waals surface area contributed by atoms with E-state index >= 15 is 0 Å². The number of carbonyl (C=O) groups is 1. The summed E-state index contributed by atoms with van der Waals surface area (Å²) in [5.41, 5.74) is 6.63. The van der Waals surface area contributed by atoms with Crippen LogP contribution in [0.1, 0.15) is 23.8 Å². The molecule has 0 aromatic carbocycles. The second-order valence-electron chi connectivity index (χ2n) is 3.90. The quantitative estimate of drug-likeness (QED) is 0.743. The van der Waals surface area contributed by atoms with E-state index < -0.39 is 5.91 Å². The van der Waals surface area contributed by atoms with Gasteiger partial charge in [-0.2, -0.15) is 0 Å². The molecule has 0 unspecified atom stereocenters. The van der Waals surface area contributed by atoms with Crippen LogP contribution in [0.15, 0.2) is 23.8 Å². The van der Waals surface area contributed by atoms with Gasteiger partial charge >= 0.3 is 0 Å². The van der Waals surface area contributed by atoms with Crippen LogP contribution in [0.4, 0.5) is 5.82 Å². The van der Waals surface area contributed by atoms with E-state index in [0.717, 1.165) is 25.3 Å². The third kappa shape index (κ3) is 2.18. The molecule has 0 fully saturated rings. The summed E-state index contributed by atoms with van der Waals surface area (Å²) in [5, 5.41) is 7.80. The van der Waals surface area contributed by atoms with Crippen LogP contribution in [0.25, 0.3) is 0 Å². The average molecular weight is 218 g/mol. The van der Waals surface area contributed by atoms with E-state index in [4.69, 9.17) is 5.73 Å². The number of amides is 1. The van der Waals surface area contributed by atoms with Gasteiger partial charge in [-0.15, -0.1) is 10.2 Å². The molecule has 84 valence electrons. The number of rotatable bonds is 2. The molecular formula is C11H14N4O. The Bertz CT molecular complexity index is 424. The largest absolute Gasteiger partial charge is 0.364 e. The predicted octanol–water partition coefficient (Wildman–Crippen LogP) is 0.732. The first-order chi connectivity index (χ1) is 7.66. The topological polar surface area (TPSA) is 72.1 Å². The molecule has 0 spiro atoms. The summed E-state index contributed by atoms with van der Waals surface area (Å²) < 4.78 is 0. The monoisotopic (exact) mass is 218 g/mol. The number of primary amides is 1. The Hall–Kier alpha value is -1.91. The molecule has 5 heteroatoms. The van der Waals surface area contributed by atoms with Gasteiger partial charge in [-0.25, -0.2) is 0 Å². The number of hydrogen-bond acceptors (Lipinski definition) is 4. The molecule has 1 aromatic heterocycles. The third-order valence-electron chi connectivity index (χ3n) is 2.56. The van der Waals surface area contributed by atoms with Crippen LogP contribution < -0.4 is 10.6 Å². The van der Waals surface area contributed by atoms with E-state index in [1.54, 1.807) is 12.1 Å². The van der Waals surface area contributed by atoms with Gasteiger partial charge in [-0.1, -0.05) is 11.6 Å². The van der Waals surface area contributed by atoms with Crippen molar-refractivity contribution in [3.05, 3.63) is 29.5 Å². The van der Waals surface area contributed by atoms with Crippen LogP contribution in [0.2, 0.25) is 0 Å². The van der Waals surface area contributed by atoms with Crippen molar-refractivity contribution in [2.75, 3.05) is 18.0 Å². The molecule has 0 saturated heterocycles. The fourth-order valence-corrected chi connectivity index (χ4v) is 1.73. The van der Waals surface area contributed by atoms with Crippen LogP contribution >= 0.6 is 0 Å². The molecule has 0 aliphatic carbocycles. The number of nitrogens with two attached hydrogens (primary N) is 1. The van der Waals surface area contributed by atoms with Crippen LogP contribution in [0.5, 0.6) is 0 Å². The lowest BCUT2D eigenvalue weighted by Crippen LogP contribution is -2.30. The molecule has 5 nitrogen and oxygen atoms in total. The number of nitrogens with zero attached hydrogens (tertiary/aromatic N) is 3. The van der Waals surface area contributed by atoms with Gasteiger partial charge < -0.3 is 10.6 Å². The Kier molecular flexibility index (Phi) is 2.85. The van der Waals surface area contributed by atoms with Gasteiger partial charge in [0.05, 0.1) is 0 Å². The van der Waals surface area contributed by atoms with Crippen molar-refractivity contribution in [1.82, 2.24) is 10.2 Å². The van der Waals surface area contributed by atoms with Gasteiger partial charge in [0.15, 0.2) is 11.5 Å². The van der Waals surface area contributed by atoms with Crippen LogP contribution in [0.3, 0.4) is 0 Å². The molecule has 0 bridgehead atoms. The van der Waals surface area contributed by atoms with Crippen LogP contribution in [-0.2, 0) is 0 Å². The Balaban J connectivity index is 2.16. The van der Waals surface area contributed by atoms with Crippen molar-refractivity contribution in [2.45, 2.75) is 13.3 Å². The summed E-state index contributed by atoms with van der Waals surface area (Å²) in [7, 11) is 0. The smallest absolute Gasteiger partial charge is 0.269 e. The second-order valence-corrected chi connectivity index (χ2v) is 3.90. The molecule has 1 aromatic rings. The lowest BCUT2D eigenvalue weighted by molar-refractivity contribution is 0.0994. The molecular weight excluding hydrogens is 204 g/mol. The minimum Gasteiger partial charge on any atom is -0.364 e. The number of aromatic nitrogens is 2. The van der Waals surface area contributed by atoms with E-state index in [-0.39, 0.29) is 5.69 Å². The van der Waals surface area contributed by atoms with E-state index in [0.29, 0.717) is 0 Å². The lowest BCUT2D eigenvalue weighted by Gasteiger charge is -2.26. The Morgan fingerprint density at radius 3 is 2.81 bits per heavy atom. The molecule has 16 heavy (non-hydrogen) atoms. The fourth-order valence-electron chi connectivity index (χ4n) is 1.73. The normalized spacial score (nSPS) is 15.8. The fraction of sp³-hybridized carbons (Fsp3) is 0.364. The van der Waals surface area contributed by atoms with Crippen molar-refractivity contribution >= 4 is 11.7 Å². The first-order valence-electron chi connectivity index (χ1n) is 5.21. The summed E-state index contributed by atoms with van der Waals surface area (Å²) >= 11 is 0. The standard InChI is InChI=1S/C11H14N4O/c1-8-3-2-6-15(7-8)10-5-4-9(11(12)16)13-14-10/h3-5H,2,6-7H2,1H3,(H2,12,16). The number of anilines is 1. The van der Waals surface area contributed by atoms with Crippen molar-refractivity contribution in [2.24, 2.45) is 5.73 Å². The third-order valence-corrected chi connectivity index (χ3v) is 2.56. The molecule has 2 rings (SSSR count). The minimum atomic E-state index is -0.547. The highest BCUT2D eigenvalue weighted by atomic mass is 16.1. The molecule has 1 aliphatic rings. The van der Waals surface area contributed by atoms with E-state index in [9.17, 15) is 4.79 Å². The van der Waals surface area contributed by atoms with E-state index in [2.05, 4.69) is 28.1 Å². The Morgan fingerprint density at radius 2 is 2.25 bits per heavy atom. The van der Waals surface area contributed by atoms with Gasteiger partial charge in [0, 0.05) is 13.1 Å². The number of hydrogen-bond donors (Lipinski definition) is 1. The molecule has 1 amide bonds. The zero-order valence-corrected chi connectivity index (χ0v) is 9.18. The maximum absolute atomic E-state index is 10.8. The van der Waals surface area contributed by atoms with Gasteiger partial charge in [0.25, 0.3) is 5.91 Å². The summed E-state index contributed by atoms with van der Waals surface area (Å²) in [4.78, 5) is 13.0. The zero-order valence-electron chi connectivity index (χ0n) is 9.18. The van der Waals surface area contributed by atoms with E-state index in [1.165, 1.54) is 5.57 Å². The highest BCUT2D eigenvalue weighted by molar-refractivity contribution is 5.90. The molecule has 2 heterocycles. The molecule has 0 radical (unpaired) electrons. The van der Waals surface area contributed by atoms with Gasteiger partial charge in [0.1, 0.15) is 0 Å². The minimum absolute atomic E-state index is 0.202. The first kappa shape index (κ1) is 10.6. The molecule has 2 N–H and O–H groups in total. The van der Waals surface area contributed by atoms with Crippen molar-refractivity contribution in [3.8, 4) is 0 Å². The van der Waals surface area contributed by atoms with Crippen molar-refractivity contribution < 1.29 is 4.79 Å². The molecule has 0 atom stereocenters. The molecule has 0 saturated carbocycles. The maximum atomic E-state index is 10.8. The van der Waals surface area contributed by atoms with Crippen molar-refractivity contribution in [3.63, 3.8) is 0 Å². The van der Waals surface area contributed by atoms with Gasteiger partial charge in [-0.05, 0) is 25.5 Å². The maximum Gasteiger partial charge on any atom is 0.269 e. The van der Waals surface area contributed by atoms with Crippen molar-refractivity contribution in [1.29, 1.82) is 0 Å².